The zero-order valence-corrected chi connectivity index (χ0v) is 11.1. The van der Waals surface area contributed by atoms with E-state index in [9.17, 15) is 9.90 Å². The molecule has 0 bridgehead atoms. The van der Waals surface area contributed by atoms with Crippen LogP contribution in [-0.2, 0) is 4.74 Å². The van der Waals surface area contributed by atoms with E-state index >= 15 is 0 Å². The van der Waals surface area contributed by atoms with Crippen molar-refractivity contribution < 1.29 is 14.6 Å². The van der Waals surface area contributed by atoms with Crippen LogP contribution in [0.2, 0.25) is 0 Å². The molecule has 2 N–H and O–H groups in total. The second-order valence-corrected chi connectivity index (χ2v) is 5.62. The summed E-state index contributed by atoms with van der Waals surface area (Å²) in [6.07, 6.45) is 3.32. The quantitative estimate of drug-likeness (QED) is 0.786. The van der Waals surface area contributed by atoms with Crippen molar-refractivity contribution in [3.63, 3.8) is 0 Å². The van der Waals surface area contributed by atoms with Gasteiger partial charge in [-0.25, -0.2) is 4.79 Å². The lowest BCUT2D eigenvalue weighted by atomic mass is 9.91. The van der Waals surface area contributed by atoms with Gasteiger partial charge < -0.3 is 20.1 Å². The first-order valence-corrected chi connectivity index (χ1v) is 6.94. The molecule has 0 spiro atoms. The number of hydrogen-bond donors (Lipinski definition) is 2. The molecular weight excluding hydrogens is 232 g/mol. The summed E-state index contributed by atoms with van der Waals surface area (Å²) in [5.41, 5.74) is 0. The third-order valence-electron chi connectivity index (χ3n) is 3.80. The van der Waals surface area contributed by atoms with E-state index in [1.54, 1.807) is 0 Å². The van der Waals surface area contributed by atoms with Gasteiger partial charge in [0.15, 0.2) is 0 Å². The van der Waals surface area contributed by atoms with E-state index in [1.165, 1.54) is 0 Å². The molecule has 0 saturated carbocycles. The lowest BCUT2D eigenvalue weighted by Gasteiger charge is -2.35. The third kappa shape index (κ3) is 3.59. The standard InChI is InChI=1S/C13H24N2O3/c1-10-5-11(9-16)8-15(7-10)13(17)14-6-12-3-2-4-18-12/h10-12,16H,2-9H2,1H3,(H,14,17)/t10?,11?,12-/m1/s1. The molecular formula is C13H24N2O3. The van der Waals surface area contributed by atoms with E-state index in [0.29, 0.717) is 19.0 Å². The van der Waals surface area contributed by atoms with Gasteiger partial charge in [-0.1, -0.05) is 6.92 Å². The molecule has 3 atom stereocenters. The maximum atomic E-state index is 12.0. The summed E-state index contributed by atoms with van der Waals surface area (Å²) in [7, 11) is 0. The fraction of sp³-hybridized carbons (Fsp3) is 0.923. The van der Waals surface area contributed by atoms with Crippen LogP contribution < -0.4 is 5.32 Å². The second kappa shape index (κ2) is 6.38. The Hall–Kier alpha value is -0.810. The van der Waals surface area contributed by atoms with Gasteiger partial charge in [-0.15, -0.1) is 0 Å². The van der Waals surface area contributed by atoms with Crippen LogP contribution in [0.5, 0.6) is 0 Å². The van der Waals surface area contributed by atoms with E-state index < -0.39 is 0 Å². The maximum absolute atomic E-state index is 12.0. The first kappa shape index (κ1) is 13.6. The van der Waals surface area contributed by atoms with Crippen LogP contribution in [0.3, 0.4) is 0 Å². The number of nitrogens with one attached hydrogen (secondary N) is 1. The Bertz CT molecular complexity index is 279. The number of piperidine rings is 1. The molecule has 2 aliphatic heterocycles. The Morgan fingerprint density at radius 2 is 2.33 bits per heavy atom. The first-order valence-electron chi connectivity index (χ1n) is 6.94. The minimum Gasteiger partial charge on any atom is -0.396 e. The summed E-state index contributed by atoms with van der Waals surface area (Å²) in [5, 5.41) is 12.2. The fourth-order valence-electron chi connectivity index (χ4n) is 2.90. The molecule has 2 rings (SSSR count). The van der Waals surface area contributed by atoms with Crippen molar-refractivity contribution in [3.05, 3.63) is 0 Å². The number of carbonyl (C=O) groups is 1. The number of urea groups is 1. The van der Waals surface area contributed by atoms with Gasteiger partial charge in [0.2, 0.25) is 0 Å². The Kier molecular flexibility index (Phi) is 4.83. The van der Waals surface area contributed by atoms with Gasteiger partial charge in [0.25, 0.3) is 0 Å². The van der Waals surface area contributed by atoms with Gasteiger partial charge in [0.05, 0.1) is 6.10 Å². The molecule has 2 unspecified atom stereocenters. The highest BCUT2D eigenvalue weighted by Crippen LogP contribution is 2.21. The zero-order valence-electron chi connectivity index (χ0n) is 11.1. The van der Waals surface area contributed by atoms with Gasteiger partial charge in [0, 0.05) is 32.8 Å². The summed E-state index contributed by atoms with van der Waals surface area (Å²) >= 11 is 0. The molecule has 2 heterocycles. The molecule has 5 heteroatoms. The Labute approximate surface area is 108 Å². The molecule has 0 aromatic carbocycles. The highest BCUT2D eigenvalue weighted by molar-refractivity contribution is 5.74. The van der Waals surface area contributed by atoms with Crippen LogP contribution >= 0.6 is 0 Å². The molecule has 2 saturated heterocycles. The molecule has 104 valence electrons. The summed E-state index contributed by atoms with van der Waals surface area (Å²) < 4.78 is 5.48. The van der Waals surface area contributed by atoms with E-state index in [-0.39, 0.29) is 24.7 Å². The first-order chi connectivity index (χ1) is 8.69. The number of hydrogen-bond acceptors (Lipinski definition) is 3. The van der Waals surface area contributed by atoms with Gasteiger partial charge >= 0.3 is 6.03 Å². The number of aliphatic hydroxyl groups excluding tert-OH is 1. The number of carbonyl (C=O) groups excluding carboxylic acids is 1. The molecule has 0 radical (unpaired) electrons. The van der Waals surface area contributed by atoms with E-state index in [1.807, 2.05) is 4.90 Å². The van der Waals surface area contributed by atoms with Crippen molar-refractivity contribution in [3.8, 4) is 0 Å². The minimum absolute atomic E-state index is 0.0181. The van der Waals surface area contributed by atoms with Gasteiger partial charge in [0.1, 0.15) is 0 Å². The molecule has 18 heavy (non-hydrogen) atoms. The SMILES string of the molecule is CC1CC(CO)CN(C(=O)NC[C@H]2CCCO2)C1. The summed E-state index contributed by atoms with van der Waals surface area (Å²) in [5.74, 6) is 0.687. The number of aliphatic hydroxyl groups is 1. The molecule has 0 aliphatic carbocycles. The molecule has 2 aliphatic rings. The van der Waals surface area contributed by atoms with E-state index in [4.69, 9.17) is 4.74 Å². The van der Waals surface area contributed by atoms with Crippen LogP contribution in [0.4, 0.5) is 4.79 Å². The monoisotopic (exact) mass is 256 g/mol. The van der Waals surface area contributed by atoms with Crippen LogP contribution in [0.25, 0.3) is 0 Å². The van der Waals surface area contributed by atoms with Crippen LogP contribution in [0, 0.1) is 11.8 Å². The topological polar surface area (TPSA) is 61.8 Å². The van der Waals surface area contributed by atoms with Gasteiger partial charge in [-0.3, -0.25) is 0 Å². The van der Waals surface area contributed by atoms with Crippen molar-refractivity contribution in [2.45, 2.75) is 32.3 Å². The molecule has 5 nitrogen and oxygen atoms in total. The molecule has 2 amide bonds. The largest absolute Gasteiger partial charge is 0.396 e. The van der Waals surface area contributed by atoms with Crippen molar-refractivity contribution in [1.29, 1.82) is 0 Å². The molecule has 0 aromatic heterocycles. The Morgan fingerprint density at radius 1 is 1.50 bits per heavy atom. The van der Waals surface area contributed by atoms with Gasteiger partial charge in [-0.05, 0) is 31.1 Å². The Morgan fingerprint density at radius 3 is 3.00 bits per heavy atom. The fourth-order valence-corrected chi connectivity index (χ4v) is 2.90. The van der Waals surface area contributed by atoms with Gasteiger partial charge in [-0.2, -0.15) is 0 Å². The second-order valence-electron chi connectivity index (χ2n) is 5.62. The number of amides is 2. The molecule has 0 aromatic rings. The maximum Gasteiger partial charge on any atom is 0.317 e. The van der Waals surface area contributed by atoms with Crippen LogP contribution in [0.15, 0.2) is 0 Å². The van der Waals surface area contributed by atoms with Crippen LogP contribution in [0.1, 0.15) is 26.2 Å². The van der Waals surface area contributed by atoms with Crippen molar-refractivity contribution >= 4 is 6.03 Å². The predicted molar refractivity (Wildman–Crippen MR) is 68.3 cm³/mol. The lowest BCUT2D eigenvalue weighted by molar-refractivity contribution is 0.0932. The Balaban J connectivity index is 1.76. The third-order valence-corrected chi connectivity index (χ3v) is 3.80. The van der Waals surface area contributed by atoms with Crippen molar-refractivity contribution in [2.75, 3.05) is 32.8 Å². The van der Waals surface area contributed by atoms with Crippen molar-refractivity contribution in [2.24, 2.45) is 11.8 Å². The molecule has 2 fully saturated rings. The average molecular weight is 256 g/mol. The number of nitrogens with zero attached hydrogens (tertiary/aromatic N) is 1. The summed E-state index contributed by atoms with van der Waals surface area (Å²) in [4.78, 5) is 13.9. The minimum atomic E-state index is -0.0181. The predicted octanol–water partition coefficient (Wildman–Crippen LogP) is 0.825. The average Bonchev–Trinajstić information content (AvgIpc) is 2.88. The number of rotatable bonds is 3. The summed E-state index contributed by atoms with van der Waals surface area (Å²) in [6, 6.07) is -0.0181. The highest BCUT2D eigenvalue weighted by atomic mass is 16.5. The number of ether oxygens (including phenoxy) is 1. The van der Waals surface area contributed by atoms with E-state index in [0.717, 1.165) is 32.4 Å². The number of likely N-dealkylation sites (tertiary alicyclic amines) is 1. The smallest absolute Gasteiger partial charge is 0.317 e. The highest BCUT2D eigenvalue weighted by Gasteiger charge is 2.27. The summed E-state index contributed by atoms with van der Waals surface area (Å²) in [6.45, 7) is 5.16. The van der Waals surface area contributed by atoms with Crippen molar-refractivity contribution in [1.82, 2.24) is 10.2 Å². The normalized spacial score (nSPS) is 32.6. The van der Waals surface area contributed by atoms with Crippen LogP contribution in [-0.4, -0.2) is 55.0 Å². The lowest BCUT2D eigenvalue weighted by Crippen LogP contribution is -2.49. The zero-order chi connectivity index (χ0) is 13.0. The van der Waals surface area contributed by atoms with E-state index in [2.05, 4.69) is 12.2 Å².